The predicted molar refractivity (Wildman–Crippen MR) is 144 cm³/mol. The van der Waals surface area contributed by atoms with Crippen molar-refractivity contribution in [1.82, 2.24) is 0 Å². The van der Waals surface area contributed by atoms with Crippen molar-refractivity contribution in [2.45, 2.75) is 91.1 Å². The minimum atomic E-state index is -1.74. The molecule has 0 nitrogen and oxygen atoms in total. The molecule has 0 bridgehead atoms. The van der Waals surface area contributed by atoms with Crippen LogP contribution in [-0.4, -0.2) is 8.07 Å². The minimum absolute atomic E-state index is 0.876. The quantitative estimate of drug-likeness (QED) is 0.221. The van der Waals surface area contributed by atoms with Crippen LogP contribution in [0.25, 0.3) is 9.75 Å². The van der Waals surface area contributed by atoms with Crippen molar-refractivity contribution in [2.75, 3.05) is 0 Å². The Labute approximate surface area is 204 Å². The summed E-state index contributed by atoms with van der Waals surface area (Å²) in [6, 6.07) is 7.98. The Hall–Kier alpha value is 0.577. The van der Waals surface area contributed by atoms with Gasteiger partial charge in [-0.1, -0.05) is 79.1 Å². The van der Waals surface area contributed by atoms with Crippen LogP contribution >= 0.6 is 54.5 Å². The van der Waals surface area contributed by atoms with E-state index < -0.39 is 8.07 Å². The summed E-state index contributed by atoms with van der Waals surface area (Å²) >= 11 is 11.7. The Bertz CT molecular complexity index is 729. The van der Waals surface area contributed by atoms with Crippen molar-refractivity contribution in [3.63, 3.8) is 0 Å². The van der Waals surface area contributed by atoms with Crippen molar-refractivity contribution in [2.24, 2.45) is 11.8 Å². The van der Waals surface area contributed by atoms with Crippen LogP contribution < -0.4 is 10.4 Å². The molecule has 162 valence electrons. The van der Waals surface area contributed by atoms with Gasteiger partial charge in [-0.05, 0) is 78.3 Å². The Morgan fingerprint density at radius 3 is 1.52 bits per heavy atom. The lowest BCUT2D eigenvalue weighted by Gasteiger charge is -2.35. The molecule has 3 heterocycles. The van der Waals surface area contributed by atoms with Gasteiger partial charge in [0.2, 0.25) is 0 Å². The summed E-state index contributed by atoms with van der Waals surface area (Å²) in [6.07, 6.45) is 10.9. The molecular weight excluding hydrogens is 540 g/mol. The second kappa shape index (κ2) is 10.9. The predicted octanol–water partition coefficient (Wildman–Crippen LogP) is 9.31. The lowest BCUT2D eigenvalue weighted by molar-refractivity contribution is 0.469. The van der Waals surface area contributed by atoms with Gasteiger partial charge in [0.25, 0.3) is 0 Å². The van der Waals surface area contributed by atoms with E-state index in [-0.39, 0.29) is 0 Å². The average molecular weight is 577 g/mol. The van der Waals surface area contributed by atoms with E-state index >= 15 is 0 Å². The van der Waals surface area contributed by atoms with Crippen molar-refractivity contribution >= 4 is 73.0 Å². The molecule has 2 aromatic rings. The van der Waals surface area contributed by atoms with Gasteiger partial charge in [0.05, 0.1) is 7.57 Å². The molecule has 1 aliphatic rings. The largest absolute Gasteiger partial charge is 0.127 e. The molecule has 0 unspecified atom stereocenters. The monoisotopic (exact) mass is 574 g/mol. The van der Waals surface area contributed by atoms with Crippen LogP contribution in [0.4, 0.5) is 0 Å². The summed E-state index contributed by atoms with van der Waals surface area (Å²) in [4.78, 5) is 3.20. The fraction of sp³-hybridized carbons (Fsp3) is 0.667. The molecule has 0 spiro atoms. The third-order valence-electron chi connectivity index (χ3n) is 7.00. The summed E-state index contributed by atoms with van der Waals surface area (Å²) in [5, 5.41) is 3.54. The Morgan fingerprint density at radius 2 is 1.17 bits per heavy atom. The topological polar surface area (TPSA) is 0 Å². The highest BCUT2D eigenvalue weighted by atomic mass is 79.9. The van der Waals surface area contributed by atoms with Gasteiger partial charge in [0.15, 0.2) is 0 Å². The van der Waals surface area contributed by atoms with Crippen molar-refractivity contribution in [1.29, 1.82) is 0 Å². The van der Waals surface area contributed by atoms with Crippen LogP contribution in [0.2, 0.25) is 12.1 Å². The average Bonchev–Trinajstić information content (AvgIpc) is 3.34. The third-order valence-corrected chi connectivity index (χ3v) is 16.2. The molecule has 5 heteroatoms. The van der Waals surface area contributed by atoms with E-state index in [1.54, 1.807) is 20.1 Å². The smallest absolute Gasteiger partial charge is 0.122 e. The molecule has 2 atom stereocenters. The SMILES string of the molecule is CCCC[C@@H](CC)C[Si]1(C[C@@H](CC)CCCC)c2cc(Br)sc2-c2sc(Br)cc21. The number of thiophene rings is 2. The van der Waals surface area contributed by atoms with E-state index in [0.29, 0.717) is 0 Å². The van der Waals surface area contributed by atoms with Gasteiger partial charge in [-0.3, -0.25) is 0 Å². The second-order valence-corrected chi connectivity index (χ2v) is 17.8. The number of rotatable bonds is 12. The maximum Gasteiger partial charge on any atom is 0.122 e. The van der Waals surface area contributed by atoms with E-state index in [1.807, 2.05) is 22.7 Å². The zero-order chi connectivity index (χ0) is 21.0. The Kier molecular flexibility index (Phi) is 9.14. The molecule has 0 saturated carbocycles. The molecule has 29 heavy (non-hydrogen) atoms. The van der Waals surface area contributed by atoms with E-state index in [0.717, 1.165) is 11.8 Å². The van der Waals surface area contributed by atoms with Crippen LogP contribution in [0.1, 0.15) is 79.1 Å². The molecule has 0 N–H and O–H groups in total. The number of hydrogen-bond acceptors (Lipinski definition) is 2. The molecule has 1 aliphatic heterocycles. The highest BCUT2D eigenvalue weighted by Gasteiger charge is 2.49. The molecular formula is C24H36Br2S2Si. The van der Waals surface area contributed by atoms with E-state index in [9.17, 15) is 0 Å². The first-order valence-electron chi connectivity index (χ1n) is 11.6. The maximum absolute atomic E-state index is 3.85. The highest BCUT2D eigenvalue weighted by molar-refractivity contribution is 9.11. The summed E-state index contributed by atoms with van der Waals surface area (Å²) in [5.41, 5.74) is 0. The number of fused-ring (bicyclic) bond motifs is 3. The van der Waals surface area contributed by atoms with Crippen molar-refractivity contribution in [3.8, 4) is 9.75 Å². The summed E-state index contributed by atoms with van der Waals surface area (Å²) in [6.45, 7) is 9.55. The first-order chi connectivity index (χ1) is 14.0. The Morgan fingerprint density at radius 1 is 0.759 bits per heavy atom. The Balaban J connectivity index is 2.06. The second-order valence-electron chi connectivity index (χ2n) is 8.91. The van der Waals surface area contributed by atoms with Gasteiger partial charge in [-0.2, -0.15) is 0 Å². The number of unbranched alkanes of at least 4 members (excludes halogenated alkanes) is 2. The van der Waals surface area contributed by atoms with Crippen LogP contribution in [0.5, 0.6) is 0 Å². The first kappa shape index (κ1) is 24.2. The van der Waals surface area contributed by atoms with Gasteiger partial charge in [-0.15, -0.1) is 22.7 Å². The fourth-order valence-electron chi connectivity index (χ4n) is 5.31. The standard InChI is InChI=1S/C24H36Br2S2Si/c1-5-9-11-17(7-3)15-29(16-18(8-4)12-10-6-2)19-13-21(25)27-23(19)24-20(29)14-22(26)28-24/h13-14,17-18H,5-12,15-16H2,1-4H3/t17-,18+. The van der Waals surface area contributed by atoms with Gasteiger partial charge >= 0.3 is 0 Å². The third kappa shape index (κ3) is 5.15. The van der Waals surface area contributed by atoms with Crippen LogP contribution in [0.3, 0.4) is 0 Å². The van der Waals surface area contributed by atoms with E-state index in [4.69, 9.17) is 0 Å². The molecule has 0 fully saturated rings. The number of halogens is 2. The fourth-order valence-corrected chi connectivity index (χ4v) is 17.0. The highest BCUT2D eigenvalue weighted by Crippen LogP contribution is 2.47. The molecule has 0 radical (unpaired) electrons. The molecule has 0 saturated heterocycles. The first-order valence-corrected chi connectivity index (χ1v) is 17.2. The minimum Gasteiger partial charge on any atom is -0.127 e. The van der Waals surface area contributed by atoms with Crippen molar-refractivity contribution in [3.05, 3.63) is 19.7 Å². The van der Waals surface area contributed by atoms with Gasteiger partial charge in [0.1, 0.15) is 8.07 Å². The molecule has 0 aliphatic carbocycles. The zero-order valence-electron chi connectivity index (χ0n) is 18.5. The molecule has 0 amide bonds. The summed E-state index contributed by atoms with van der Waals surface area (Å²) < 4.78 is 2.66. The maximum atomic E-state index is 3.85. The lowest BCUT2D eigenvalue weighted by atomic mass is 10.0. The van der Waals surface area contributed by atoms with E-state index in [2.05, 4.69) is 71.7 Å². The summed E-state index contributed by atoms with van der Waals surface area (Å²) in [5.74, 6) is 1.75. The normalized spacial score (nSPS) is 16.6. The molecule has 2 aromatic heterocycles. The van der Waals surface area contributed by atoms with Gasteiger partial charge < -0.3 is 0 Å². The molecule has 0 aromatic carbocycles. The molecule has 3 rings (SSSR count). The van der Waals surface area contributed by atoms with Crippen molar-refractivity contribution < 1.29 is 0 Å². The van der Waals surface area contributed by atoms with E-state index in [1.165, 1.54) is 71.0 Å². The zero-order valence-corrected chi connectivity index (χ0v) is 24.3. The van der Waals surface area contributed by atoms with Gasteiger partial charge in [-0.25, -0.2) is 0 Å². The van der Waals surface area contributed by atoms with Crippen LogP contribution in [0, 0.1) is 11.8 Å². The number of hydrogen-bond donors (Lipinski definition) is 0. The summed E-state index contributed by atoms with van der Waals surface area (Å²) in [7, 11) is -1.74. The van der Waals surface area contributed by atoms with Crippen LogP contribution in [-0.2, 0) is 0 Å². The van der Waals surface area contributed by atoms with Crippen LogP contribution in [0.15, 0.2) is 19.7 Å². The lowest BCUT2D eigenvalue weighted by Crippen LogP contribution is -2.56. The van der Waals surface area contributed by atoms with Gasteiger partial charge in [0, 0.05) is 9.75 Å².